The van der Waals surface area contributed by atoms with E-state index in [0.29, 0.717) is 16.8 Å². The number of nitrogens with one attached hydrogen (secondary N) is 2. The average molecular weight is 559 g/mol. The number of halogens is 1. The van der Waals surface area contributed by atoms with Crippen LogP contribution in [0.25, 0.3) is 0 Å². The van der Waals surface area contributed by atoms with Crippen LogP contribution in [0, 0.1) is 12.7 Å². The molecule has 0 unspecified atom stereocenters. The minimum Gasteiger partial charge on any atom is -0.325 e. The molecule has 0 aromatic heterocycles. The van der Waals surface area contributed by atoms with E-state index in [-0.39, 0.29) is 40.5 Å². The minimum absolute atomic E-state index is 0.0162. The predicted octanol–water partition coefficient (Wildman–Crippen LogP) is 5.81. The highest BCUT2D eigenvalue weighted by atomic mass is 32.2. The van der Waals surface area contributed by atoms with E-state index in [1.807, 2.05) is 13.0 Å². The molecule has 0 spiro atoms. The van der Waals surface area contributed by atoms with Gasteiger partial charge in [-0.3, -0.25) is 14.4 Å². The molecular weight excluding hydrogens is 531 g/mol. The Balaban J connectivity index is 1.44. The van der Waals surface area contributed by atoms with Gasteiger partial charge in [0.25, 0.3) is 5.91 Å². The standard InChI is InChI=1S/C31H27FN2O5S/c1-21-13-18-28(26(20-21)30(36)22-8-3-2-4-9-22)34-31(37)25-10-5-6-11-27(25)33-29(35)12-7-19-40(38,39)24-16-14-23(32)15-17-24/h2-6,8-11,13-18,20H,7,12,19H2,1H3,(H,33,35)(H,34,37). The zero-order valence-corrected chi connectivity index (χ0v) is 22.5. The van der Waals surface area contributed by atoms with E-state index in [9.17, 15) is 27.2 Å². The fraction of sp³-hybridized carbons (Fsp3) is 0.129. The van der Waals surface area contributed by atoms with Crippen LogP contribution in [0.15, 0.2) is 102 Å². The molecular formula is C31H27FN2O5S. The normalized spacial score (nSPS) is 11.1. The van der Waals surface area contributed by atoms with Crippen LogP contribution in [0.5, 0.6) is 0 Å². The van der Waals surface area contributed by atoms with Crippen molar-refractivity contribution < 1.29 is 27.2 Å². The second kappa shape index (κ2) is 12.5. The molecule has 2 N–H and O–H groups in total. The Labute approximate surface area is 232 Å². The summed E-state index contributed by atoms with van der Waals surface area (Å²) in [6, 6.07) is 24.8. The van der Waals surface area contributed by atoms with E-state index >= 15 is 0 Å². The van der Waals surface area contributed by atoms with Gasteiger partial charge in [-0.2, -0.15) is 0 Å². The van der Waals surface area contributed by atoms with Crippen LogP contribution in [-0.2, 0) is 14.6 Å². The number of anilines is 2. The molecule has 0 bridgehead atoms. The number of hydrogen-bond acceptors (Lipinski definition) is 5. The van der Waals surface area contributed by atoms with E-state index in [2.05, 4.69) is 10.6 Å². The summed E-state index contributed by atoms with van der Waals surface area (Å²) in [5.41, 5.74) is 2.42. The largest absolute Gasteiger partial charge is 0.325 e. The lowest BCUT2D eigenvalue weighted by Crippen LogP contribution is -2.20. The van der Waals surface area contributed by atoms with Crippen molar-refractivity contribution in [1.82, 2.24) is 0 Å². The first-order chi connectivity index (χ1) is 19.1. The number of carbonyl (C=O) groups excluding carboxylic acids is 3. The fourth-order valence-electron chi connectivity index (χ4n) is 4.07. The maximum atomic E-state index is 13.3. The number of carbonyl (C=O) groups is 3. The molecule has 0 saturated heterocycles. The Kier molecular flexibility index (Phi) is 8.86. The average Bonchev–Trinajstić information content (AvgIpc) is 2.94. The van der Waals surface area contributed by atoms with Crippen molar-refractivity contribution in [1.29, 1.82) is 0 Å². The highest BCUT2D eigenvalue weighted by molar-refractivity contribution is 7.91. The Morgan fingerprint density at radius 2 is 1.40 bits per heavy atom. The van der Waals surface area contributed by atoms with Gasteiger partial charge in [0.05, 0.1) is 27.6 Å². The number of hydrogen-bond donors (Lipinski definition) is 2. The summed E-state index contributed by atoms with van der Waals surface area (Å²) in [4.78, 5) is 39.0. The Bertz CT molecular complexity index is 1650. The summed E-state index contributed by atoms with van der Waals surface area (Å²) in [6.45, 7) is 1.85. The van der Waals surface area contributed by atoms with Crippen molar-refractivity contribution in [2.45, 2.75) is 24.7 Å². The molecule has 0 aliphatic rings. The van der Waals surface area contributed by atoms with Crippen LogP contribution in [0.3, 0.4) is 0 Å². The second-order valence-electron chi connectivity index (χ2n) is 9.17. The third-order valence-electron chi connectivity index (χ3n) is 6.14. The van der Waals surface area contributed by atoms with Gasteiger partial charge in [0.15, 0.2) is 15.6 Å². The molecule has 0 atom stereocenters. The van der Waals surface area contributed by atoms with Crippen LogP contribution in [0.2, 0.25) is 0 Å². The van der Waals surface area contributed by atoms with Gasteiger partial charge in [0.2, 0.25) is 5.91 Å². The summed E-state index contributed by atoms with van der Waals surface area (Å²) in [7, 11) is -3.67. The fourth-order valence-corrected chi connectivity index (χ4v) is 5.39. The SMILES string of the molecule is Cc1ccc(NC(=O)c2ccccc2NC(=O)CCCS(=O)(=O)c2ccc(F)cc2)c(C(=O)c2ccccc2)c1. The summed E-state index contributed by atoms with van der Waals surface area (Å²) in [5, 5.41) is 5.46. The molecule has 7 nitrogen and oxygen atoms in total. The van der Waals surface area contributed by atoms with Gasteiger partial charge in [-0.25, -0.2) is 12.8 Å². The first-order valence-corrected chi connectivity index (χ1v) is 14.2. The highest BCUT2D eigenvalue weighted by Gasteiger charge is 2.19. The first kappa shape index (κ1) is 28.4. The van der Waals surface area contributed by atoms with E-state index < -0.39 is 27.5 Å². The third kappa shape index (κ3) is 7.06. The number of aryl methyl sites for hydroxylation is 1. The zero-order valence-electron chi connectivity index (χ0n) is 21.7. The van der Waals surface area contributed by atoms with Crippen molar-refractivity contribution in [2.24, 2.45) is 0 Å². The Morgan fingerprint density at radius 3 is 2.12 bits per heavy atom. The summed E-state index contributed by atoms with van der Waals surface area (Å²) in [6.07, 6.45) is -0.0711. The molecule has 2 amide bonds. The molecule has 0 aliphatic heterocycles. The maximum absolute atomic E-state index is 13.3. The van der Waals surface area contributed by atoms with Crippen molar-refractivity contribution in [3.05, 3.63) is 125 Å². The topological polar surface area (TPSA) is 109 Å². The summed E-state index contributed by atoms with van der Waals surface area (Å²) in [5.74, 6) is -2.07. The van der Waals surface area contributed by atoms with Gasteiger partial charge in [-0.05, 0) is 61.9 Å². The van der Waals surface area contributed by atoms with E-state index in [1.54, 1.807) is 60.7 Å². The minimum atomic E-state index is -3.67. The number of amides is 2. The molecule has 0 aliphatic carbocycles. The van der Waals surface area contributed by atoms with Gasteiger partial charge in [0.1, 0.15) is 5.82 Å². The van der Waals surface area contributed by atoms with E-state index in [0.717, 1.165) is 17.7 Å². The monoisotopic (exact) mass is 558 g/mol. The van der Waals surface area contributed by atoms with Gasteiger partial charge in [-0.1, -0.05) is 54.1 Å². The Hall–Kier alpha value is -4.63. The van der Waals surface area contributed by atoms with Gasteiger partial charge >= 0.3 is 0 Å². The number of para-hydroxylation sites is 1. The van der Waals surface area contributed by atoms with Crippen LogP contribution < -0.4 is 10.6 Å². The maximum Gasteiger partial charge on any atom is 0.257 e. The van der Waals surface area contributed by atoms with Crippen molar-refractivity contribution >= 4 is 38.8 Å². The first-order valence-electron chi connectivity index (χ1n) is 12.5. The van der Waals surface area contributed by atoms with E-state index in [4.69, 9.17) is 0 Å². The van der Waals surface area contributed by atoms with Crippen LogP contribution >= 0.6 is 0 Å². The zero-order chi connectivity index (χ0) is 28.7. The van der Waals surface area contributed by atoms with Crippen molar-refractivity contribution in [2.75, 3.05) is 16.4 Å². The highest BCUT2D eigenvalue weighted by Crippen LogP contribution is 2.24. The molecule has 0 heterocycles. The number of ketones is 1. The summed E-state index contributed by atoms with van der Waals surface area (Å²) >= 11 is 0. The lowest BCUT2D eigenvalue weighted by atomic mass is 9.99. The predicted molar refractivity (Wildman–Crippen MR) is 152 cm³/mol. The lowest BCUT2D eigenvalue weighted by Gasteiger charge is -2.14. The van der Waals surface area contributed by atoms with Gasteiger partial charge in [0, 0.05) is 17.5 Å². The van der Waals surface area contributed by atoms with Crippen molar-refractivity contribution in [3.8, 4) is 0 Å². The van der Waals surface area contributed by atoms with Gasteiger partial charge in [-0.15, -0.1) is 0 Å². The molecule has 40 heavy (non-hydrogen) atoms. The number of sulfone groups is 1. The molecule has 4 rings (SSSR count). The van der Waals surface area contributed by atoms with Crippen LogP contribution in [0.1, 0.15) is 44.7 Å². The summed E-state index contributed by atoms with van der Waals surface area (Å²) < 4.78 is 38.0. The molecule has 4 aromatic rings. The van der Waals surface area contributed by atoms with Crippen molar-refractivity contribution in [3.63, 3.8) is 0 Å². The number of rotatable bonds is 10. The molecule has 0 saturated carbocycles. The third-order valence-corrected chi connectivity index (χ3v) is 7.96. The van der Waals surface area contributed by atoms with Gasteiger partial charge < -0.3 is 10.6 Å². The molecule has 9 heteroatoms. The number of benzene rings is 4. The quantitative estimate of drug-likeness (QED) is 0.189. The molecule has 204 valence electrons. The smallest absolute Gasteiger partial charge is 0.257 e. The van der Waals surface area contributed by atoms with E-state index in [1.165, 1.54) is 18.2 Å². The van der Waals surface area contributed by atoms with Crippen LogP contribution in [-0.4, -0.2) is 31.8 Å². The Morgan fingerprint density at radius 1 is 0.750 bits per heavy atom. The molecule has 0 fully saturated rings. The second-order valence-corrected chi connectivity index (χ2v) is 11.3. The molecule has 0 radical (unpaired) electrons. The lowest BCUT2D eigenvalue weighted by molar-refractivity contribution is -0.116. The molecule has 4 aromatic carbocycles. The van der Waals surface area contributed by atoms with Crippen LogP contribution in [0.4, 0.5) is 15.8 Å².